The van der Waals surface area contributed by atoms with Gasteiger partial charge in [-0.05, 0) is 66.3 Å². The predicted molar refractivity (Wildman–Crippen MR) is 131 cm³/mol. The summed E-state index contributed by atoms with van der Waals surface area (Å²) in [4.78, 5) is 28.4. The fourth-order valence-corrected chi connectivity index (χ4v) is 6.00. The van der Waals surface area contributed by atoms with Crippen LogP contribution in [-0.2, 0) is 34.0 Å². The van der Waals surface area contributed by atoms with Crippen molar-refractivity contribution >= 4 is 15.8 Å². The first-order valence-corrected chi connectivity index (χ1v) is 12.7. The van der Waals surface area contributed by atoms with Crippen LogP contribution in [0.1, 0.15) is 32.7 Å². The van der Waals surface area contributed by atoms with Gasteiger partial charge in [-0.1, -0.05) is 42.5 Å². The minimum Gasteiger partial charge on any atom is -0.464 e. The van der Waals surface area contributed by atoms with Gasteiger partial charge < -0.3 is 14.3 Å². The first-order chi connectivity index (χ1) is 16.8. The molecule has 1 aliphatic carbocycles. The Bertz CT molecular complexity index is 1620. The van der Waals surface area contributed by atoms with Crippen LogP contribution < -0.4 is 5.56 Å². The summed E-state index contributed by atoms with van der Waals surface area (Å²) in [5, 5.41) is 0. The summed E-state index contributed by atoms with van der Waals surface area (Å²) in [6.07, 6.45) is 1.13. The molecule has 0 spiro atoms. The van der Waals surface area contributed by atoms with Crippen LogP contribution in [0.15, 0.2) is 81.3 Å². The van der Waals surface area contributed by atoms with Gasteiger partial charge in [-0.2, -0.15) is 0 Å². The molecule has 178 valence electrons. The summed E-state index contributed by atoms with van der Waals surface area (Å²) < 4.78 is 33.2. The molecule has 0 amide bonds. The van der Waals surface area contributed by atoms with Gasteiger partial charge in [0, 0.05) is 6.54 Å². The van der Waals surface area contributed by atoms with Gasteiger partial charge in [-0.25, -0.2) is 13.2 Å². The van der Waals surface area contributed by atoms with Crippen LogP contribution in [0.5, 0.6) is 0 Å². The number of aryl methyl sites for hydroxylation is 3. The number of fused-ring (bicyclic) bond motifs is 3. The van der Waals surface area contributed by atoms with E-state index in [0.717, 1.165) is 16.7 Å². The zero-order valence-electron chi connectivity index (χ0n) is 19.4. The minimum atomic E-state index is -3.98. The van der Waals surface area contributed by atoms with E-state index in [0.29, 0.717) is 42.0 Å². The van der Waals surface area contributed by atoms with Crippen molar-refractivity contribution in [1.29, 1.82) is 0 Å². The Balaban J connectivity index is 1.69. The number of nitrogens with zero attached hydrogens (tertiary/aromatic N) is 1. The molecule has 1 N–H and O–H groups in total. The topological polar surface area (TPSA) is 98.2 Å². The number of methoxy groups -OCH3 is 1. The number of H-pyrrole nitrogens is 1. The van der Waals surface area contributed by atoms with Crippen LogP contribution in [0.2, 0.25) is 0 Å². The third-order valence-corrected chi connectivity index (χ3v) is 8.27. The zero-order valence-corrected chi connectivity index (χ0v) is 20.2. The molecule has 0 atom stereocenters. The molecule has 0 aliphatic heterocycles. The van der Waals surface area contributed by atoms with E-state index in [2.05, 4.69) is 4.98 Å². The second kappa shape index (κ2) is 8.70. The Labute approximate surface area is 202 Å². The average Bonchev–Trinajstić information content (AvgIpc) is 3.23. The number of aromatic nitrogens is 2. The van der Waals surface area contributed by atoms with Crippen molar-refractivity contribution in [3.63, 3.8) is 0 Å². The van der Waals surface area contributed by atoms with E-state index in [4.69, 9.17) is 4.74 Å². The zero-order chi connectivity index (χ0) is 24.7. The van der Waals surface area contributed by atoms with Gasteiger partial charge in [0.25, 0.3) is 5.56 Å². The highest BCUT2D eigenvalue weighted by atomic mass is 32.2. The lowest BCUT2D eigenvalue weighted by Gasteiger charge is -2.21. The molecule has 0 saturated carbocycles. The second-order valence-electron chi connectivity index (χ2n) is 8.59. The molecule has 2 aromatic heterocycles. The minimum absolute atomic E-state index is 0.0675. The monoisotopic (exact) mass is 488 g/mol. The molecule has 7 nitrogen and oxygen atoms in total. The number of carbonyl (C=O) groups is 1. The Hall–Kier alpha value is -3.91. The van der Waals surface area contributed by atoms with Crippen molar-refractivity contribution < 1.29 is 17.9 Å². The maximum atomic E-state index is 13.2. The SMILES string of the molecule is COC(=O)c1cc2c(n1Cc1ccccc1C)-c1[nH]c(=O)c(S(=O)(=O)c3ccccc3)cc1CC2. The number of benzene rings is 2. The molecule has 4 aromatic rings. The molecule has 0 unspecified atom stereocenters. The average molecular weight is 489 g/mol. The van der Waals surface area contributed by atoms with Crippen LogP contribution in [0.25, 0.3) is 11.4 Å². The molecule has 35 heavy (non-hydrogen) atoms. The van der Waals surface area contributed by atoms with Crippen molar-refractivity contribution in [3.8, 4) is 11.4 Å². The van der Waals surface area contributed by atoms with Crippen molar-refractivity contribution in [1.82, 2.24) is 9.55 Å². The Morgan fingerprint density at radius 2 is 1.69 bits per heavy atom. The summed E-state index contributed by atoms with van der Waals surface area (Å²) in [7, 11) is -2.65. The van der Waals surface area contributed by atoms with Gasteiger partial charge in [0.1, 0.15) is 10.6 Å². The predicted octanol–water partition coefficient (Wildman–Crippen LogP) is 3.92. The van der Waals surface area contributed by atoms with E-state index in [1.807, 2.05) is 35.8 Å². The highest BCUT2D eigenvalue weighted by molar-refractivity contribution is 7.91. The number of ether oxygens (including phenoxy) is 1. The van der Waals surface area contributed by atoms with Crippen LogP contribution >= 0.6 is 0 Å². The second-order valence-corrected chi connectivity index (χ2v) is 10.5. The fraction of sp³-hybridized carbons (Fsp3) is 0.185. The maximum absolute atomic E-state index is 13.2. The number of hydrogen-bond acceptors (Lipinski definition) is 5. The molecule has 2 heterocycles. The molecule has 5 rings (SSSR count). The fourth-order valence-electron chi connectivity index (χ4n) is 4.64. The number of rotatable bonds is 5. The number of sulfone groups is 1. The lowest BCUT2D eigenvalue weighted by atomic mass is 9.94. The van der Waals surface area contributed by atoms with Crippen molar-refractivity contribution in [3.05, 3.63) is 105 Å². The van der Waals surface area contributed by atoms with E-state index < -0.39 is 21.4 Å². The number of aromatic amines is 1. The standard InChI is InChI=1S/C27H24N2O5S/c1-17-8-6-7-9-20(17)16-29-22(27(31)34-2)14-19-13-12-18-15-23(26(30)28-24(18)25(19)29)35(32,33)21-10-4-3-5-11-21/h3-11,14-15H,12-13,16H2,1-2H3,(H,28,30). The van der Waals surface area contributed by atoms with Crippen molar-refractivity contribution in [2.24, 2.45) is 0 Å². The quantitative estimate of drug-likeness (QED) is 0.430. The van der Waals surface area contributed by atoms with Crippen LogP contribution in [0, 0.1) is 6.92 Å². The van der Waals surface area contributed by atoms with Gasteiger partial charge >= 0.3 is 5.97 Å². The van der Waals surface area contributed by atoms with Gasteiger partial charge in [0.2, 0.25) is 9.84 Å². The number of esters is 1. The lowest BCUT2D eigenvalue weighted by molar-refractivity contribution is 0.0589. The summed E-state index contributed by atoms with van der Waals surface area (Å²) >= 11 is 0. The van der Waals surface area contributed by atoms with Crippen molar-refractivity contribution in [2.45, 2.75) is 36.1 Å². The summed E-state index contributed by atoms with van der Waals surface area (Å²) in [6.45, 7) is 2.40. The lowest BCUT2D eigenvalue weighted by Crippen LogP contribution is -2.22. The Kier molecular flexibility index (Phi) is 5.68. The molecule has 0 fully saturated rings. The van der Waals surface area contributed by atoms with E-state index in [-0.39, 0.29) is 9.79 Å². The highest BCUT2D eigenvalue weighted by Crippen LogP contribution is 2.36. The van der Waals surface area contributed by atoms with E-state index in [1.165, 1.54) is 25.3 Å². The smallest absolute Gasteiger partial charge is 0.354 e. The summed E-state index contributed by atoms with van der Waals surface area (Å²) in [5.74, 6) is -0.472. The Morgan fingerprint density at radius 3 is 2.40 bits per heavy atom. The molecule has 0 saturated heterocycles. The van der Waals surface area contributed by atoms with Gasteiger partial charge in [-0.3, -0.25) is 4.79 Å². The van der Waals surface area contributed by atoms with Crippen LogP contribution in [0.4, 0.5) is 0 Å². The van der Waals surface area contributed by atoms with Crippen LogP contribution in [-0.4, -0.2) is 31.0 Å². The first kappa shape index (κ1) is 22.9. The molecule has 0 radical (unpaired) electrons. The first-order valence-electron chi connectivity index (χ1n) is 11.2. The third-order valence-electron chi connectivity index (χ3n) is 6.49. The number of nitrogens with one attached hydrogen (secondary N) is 1. The molecule has 0 bridgehead atoms. The Morgan fingerprint density at radius 1 is 1.00 bits per heavy atom. The summed E-state index contributed by atoms with van der Waals surface area (Å²) in [6, 6.07) is 19.1. The van der Waals surface area contributed by atoms with Crippen LogP contribution in [0.3, 0.4) is 0 Å². The van der Waals surface area contributed by atoms with E-state index in [1.54, 1.807) is 24.3 Å². The molecule has 8 heteroatoms. The number of pyridine rings is 1. The number of hydrogen-bond donors (Lipinski definition) is 1. The van der Waals surface area contributed by atoms with Crippen molar-refractivity contribution in [2.75, 3.05) is 7.11 Å². The molecule has 1 aliphatic rings. The largest absolute Gasteiger partial charge is 0.464 e. The molecular formula is C27H24N2O5S. The van der Waals surface area contributed by atoms with Gasteiger partial charge in [-0.15, -0.1) is 0 Å². The summed E-state index contributed by atoms with van der Waals surface area (Å²) in [5.41, 5.74) is 4.64. The van der Waals surface area contributed by atoms with Gasteiger partial charge in [0.05, 0.1) is 23.4 Å². The maximum Gasteiger partial charge on any atom is 0.354 e. The number of carbonyl (C=O) groups excluding carboxylic acids is 1. The molecular weight excluding hydrogens is 464 g/mol. The van der Waals surface area contributed by atoms with Gasteiger partial charge in [0.15, 0.2) is 0 Å². The molecule has 2 aromatic carbocycles. The normalized spacial score (nSPS) is 12.6. The van der Waals surface area contributed by atoms with E-state index >= 15 is 0 Å². The third kappa shape index (κ3) is 3.89. The highest BCUT2D eigenvalue weighted by Gasteiger charge is 2.30. The van der Waals surface area contributed by atoms with E-state index in [9.17, 15) is 18.0 Å².